The summed E-state index contributed by atoms with van der Waals surface area (Å²) in [5.41, 5.74) is 9.74. The number of benzene rings is 2. The van der Waals surface area contributed by atoms with Crippen LogP contribution in [0.1, 0.15) is 11.3 Å². The number of hydrogen-bond acceptors (Lipinski definition) is 4. The lowest BCUT2D eigenvalue weighted by Gasteiger charge is -2.10. The highest BCUT2D eigenvalue weighted by Gasteiger charge is 2.18. The van der Waals surface area contributed by atoms with Crippen LogP contribution in [0.25, 0.3) is 16.7 Å². The van der Waals surface area contributed by atoms with Crippen molar-refractivity contribution in [1.29, 1.82) is 0 Å². The Balaban J connectivity index is 1.74. The zero-order valence-electron chi connectivity index (χ0n) is 16.0. The average Bonchev–Trinajstić information content (AvgIpc) is 3.00. The number of para-hydroxylation sites is 1. The van der Waals surface area contributed by atoms with Gasteiger partial charge in [-0.05, 0) is 46.6 Å². The molecule has 0 saturated heterocycles. The number of ether oxygens (including phenoxy) is 1. The number of halogens is 1. The first-order valence-electron chi connectivity index (χ1n) is 9.34. The zero-order chi connectivity index (χ0) is 20.4. The van der Waals surface area contributed by atoms with Crippen molar-refractivity contribution in [3.63, 3.8) is 0 Å². The van der Waals surface area contributed by atoms with Crippen LogP contribution in [-0.4, -0.2) is 20.7 Å². The maximum absolute atomic E-state index is 13.2. The molecule has 2 aromatic heterocycles. The fraction of sp³-hybridized carbons (Fsp3) is 0.182. The van der Waals surface area contributed by atoms with E-state index in [1.807, 2.05) is 61.5 Å². The highest BCUT2D eigenvalue weighted by Crippen LogP contribution is 2.26. The number of aromatic nitrogens is 3. The van der Waals surface area contributed by atoms with Crippen LogP contribution in [0.2, 0.25) is 0 Å². The molecule has 6 nitrogen and oxygen atoms in total. The van der Waals surface area contributed by atoms with Crippen LogP contribution in [-0.2, 0) is 13.2 Å². The van der Waals surface area contributed by atoms with Gasteiger partial charge in [-0.2, -0.15) is 0 Å². The molecule has 0 atom stereocenters. The van der Waals surface area contributed by atoms with E-state index >= 15 is 0 Å². The maximum atomic E-state index is 13.2. The standard InChI is InChI=1S/C22H21BrN4O2/c1-15-18(10-11-20(25-15)29-14-16-6-3-2-4-7-16)27-19-9-5-8-17(23)21(19)26(13-12-24)22(27)28/h2-11H,12-14,24H2,1H3. The van der Waals surface area contributed by atoms with Gasteiger partial charge >= 0.3 is 5.69 Å². The third-order valence-electron chi connectivity index (χ3n) is 4.75. The lowest BCUT2D eigenvalue weighted by molar-refractivity contribution is 0.293. The SMILES string of the molecule is Cc1nc(OCc2ccccc2)ccc1-n1c(=O)n(CCN)c2c(Br)cccc21. The summed E-state index contributed by atoms with van der Waals surface area (Å²) < 4.78 is 10.0. The normalized spacial score (nSPS) is 11.1. The molecule has 0 aliphatic rings. The van der Waals surface area contributed by atoms with E-state index in [0.717, 1.165) is 26.8 Å². The highest BCUT2D eigenvalue weighted by molar-refractivity contribution is 9.10. The average molecular weight is 453 g/mol. The molecule has 29 heavy (non-hydrogen) atoms. The number of imidazole rings is 1. The maximum Gasteiger partial charge on any atom is 0.333 e. The lowest BCUT2D eigenvalue weighted by Crippen LogP contribution is -2.26. The molecule has 7 heteroatoms. The van der Waals surface area contributed by atoms with E-state index < -0.39 is 0 Å². The summed E-state index contributed by atoms with van der Waals surface area (Å²) in [4.78, 5) is 17.7. The van der Waals surface area contributed by atoms with Gasteiger partial charge in [0.1, 0.15) is 6.61 Å². The number of hydrogen-bond donors (Lipinski definition) is 1. The van der Waals surface area contributed by atoms with Gasteiger partial charge in [0.05, 0.1) is 22.4 Å². The molecule has 2 aromatic carbocycles. The van der Waals surface area contributed by atoms with Gasteiger partial charge < -0.3 is 10.5 Å². The third-order valence-corrected chi connectivity index (χ3v) is 5.39. The Morgan fingerprint density at radius 1 is 1.07 bits per heavy atom. The number of rotatable bonds is 6. The first-order valence-corrected chi connectivity index (χ1v) is 10.1. The monoisotopic (exact) mass is 452 g/mol. The minimum Gasteiger partial charge on any atom is -0.473 e. The van der Waals surface area contributed by atoms with Gasteiger partial charge in [0.15, 0.2) is 0 Å². The van der Waals surface area contributed by atoms with E-state index in [-0.39, 0.29) is 5.69 Å². The van der Waals surface area contributed by atoms with Crippen LogP contribution in [0.15, 0.2) is 69.9 Å². The topological polar surface area (TPSA) is 75.1 Å². The molecule has 148 valence electrons. The summed E-state index contributed by atoms with van der Waals surface area (Å²) in [5, 5.41) is 0. The van der Waals surface area contributed by atoms with Gasteiger partial charge in [-0.25, -0.2) is 9.78 Å². The lowest BCUT2D eigenvalue weighted by atomic mass is 10.2. The van der Waals surface area contributed by atoms with Crippen molar-refractivity contribution in [3.05, 3.63) is 86.9 Å². The van der Waals surface area contributed by atoms with Crippen molar-refractivity contribution < 1.29 is 4.74 Å². The molecule has 4 rings (SSSR count). The van der Waals surface area contributed by atoms with Gasteiger partial charge in [-0.3, -0.25) is 9.13 Å². The molecule has 2 N–H and O–H groups in total. The smallest absolute Gasteiger partial charge is 0.333 e. The number of nitrogens with two attached hydrogens (primary N) is 1. The van der Waals surface area contributed by atoms with Crippen LogP contribution in [0.4, 0.5) is 0 Å². The van der Waals surface area contributed by atoms with Crippen molar-refractivity contribution in [2.24, 2.45) is 5.73 Å². The summed E-state index contributed by atoms with van der Waals surface area (Å²) in [6.45, 7) is 3.14. The van der Waals surface area contributed by atoms with Crippen molar-refractivity contribution >= 4 is 27.0 Å². The molecule has 0 aliphatic carbocycles. The fourth-order valence-corrected chi connectivity index (χ4v) is 3.99. The van der Waals surface area contributed by atoms with Gasteiger partial charge in [-0.15, -0.1) is 0 Å². The second kappa shape index (κ2) is 8.23. The summed E-state index contributed by atoms with van der Waals surface area (Å²) >= 11 is 3.56. The van der Waals surface area contributed by atoms with Crippen LogP contribution in [0.5, 0.6) is 5.88 Å². The van der Waals surface area contributed by atoms with Crippen LogP contribution >= 0.6 is 15.9 Å². The van der Waals surface area contributed by atoms with E-state index in [1.54, 1.807) is 15.2 Å². The second-order valence-corrected chi connectivity index (χ2v) is 7.55. The van der Waals surface area contributed by atoms with E-state index in [4.69, 9.17) is 10.5 Å². The van der Waals surface area contributed by atoms with Crippen LogP contribution < -0.4 is 16.2 Å². The Morgan fingerprint density at radius 3 is 2.59 bits per heavy atom. The Kier molecular flexibility index (Phi) is 5.51. The second-order valence-electron chi connectivity index (χ2n) is 6.69. The molecule has 0 unspecified atom stereocenters. The van der Waals surface area contributed by atoms with Crippen LogP contribution in [0, 0.1) is 6.92 Å². The van der Waals surface area contributed by atoms with E-state index in [1.165, 1.54) is 0 Å². The van der Waals surface area contributed by atoms with Gasteiger partial charge in [0.2, 0.25) is 5.88 Å². The van der Waals surface area contributed by atoms with E-state index in [0.29, 0.717) is 31.3 Å². The molecule has 0 amide bonds. The predicted octanol–water partition coefficient (Wildman–Crippen LogP) is 3.80. The highest BCUT2D eigenvalue weighted by atomic mass is 79.9. The molecule has 0 spiro atoms. The number of nitrogens with zero attached hydrogens (tertiary/aromatic N) is 3. The molecule has 2 heterocycles. The Labute approximate surface area is 176 Å². The van der Waals surface area contributed by atoms with Crippen molar-refractivity contribution in [2.45, 2.75) is 20.1 Å². The third kappa shape index (κ3) is 3.71. The Morgan fingerprint density at radius 2 is 1.86 bits per heavy atom. The molecule has 0 saturated carbocycles. The van der Waals surface area contributed by atoms with E-state index in [2.05, 4.69) is 20.9 Å². The summed E-state index contributed by atoms with van der Waals surface area (Å²) in [6, 6.07) is 19.4. The minimum absolute atomic E-state index is 0.139. The van der Waals surface area contributed by atoms with Gasteiger partial charge in [-0.1, -0.05) is 36.4 Å². The molecular formula is C22H21BrN4O2. The number of fused-ring (bicyclic) bond motifs is 1. The molecule has 0 aliphatic heterocycles. The molecule has 0 fully saturated rings. The first-order chi connectivity index (χ1) is 14.1. The van der Waals surface area contributed by atoms with Gasteiger partial charge in [0.25, 0.3) is 0 Å². The largest absolute Gasteiger partial charge is 0.473 e. The summed E-state index contributed by atoms with van der Waals surface area (Å²) in [7, 11) is 0. The molecule has 0 bridgehead atoms. The molecule has 4 aromatic rings. The van der Waals surface area contributed by atoms with Crippen molar-refractivity contribution in [1.82, 2.24) is 14.1 Å². The first kappa shape index (κ1) is 19.4. The Bertz CT molecular complexity index is 1210. The summed E-state index contributed by atoms with van der Waals surface area (Å²) in [5.74, 6) is 0.523. The fourth-order valence-electron chi connectivity index (χ4n) is 3.42. The van der Waals surface area contributed by atoms with Crippen molar-refractivity contribution in [2.75, 3.05) is 6.54 Å². The molecular weight excluding hydrogens is 432 g/mol. The quantitative estimate of drug-likeness (QED) is 0.482. The summed E-state index contributed by atoms with van der Waals surface area (Å²) in [6.07, 6.45) is 0. The number of pyridine rings is 1. The van der Waals surface area contributed by atoms with Gasteiger partial charge in [0, 0.05) is 23.6 Å². The number of aryl methyl sites for hydroxylation is 1. The van der Waals surface area contributed by atoms with Crippen LogP contribution in [0.3, 0.4) is 0 Å². The minimum atomic E-state index is -0.139. The van der Waals surface area contributed by atoms with E-state index in [9.17, 15) is 4.79 Å². The Hall–Kier alpha value is -2.90. The van der Waals surface area contributed by atoms with Crippen molar-refractivity contribution in [3.8, 4) is 11.6 Å². The zero-order valence-corrected chi connectivity index (χ0v) is 17.6. The predicted molar refractivity (Wildman–Crippen MR) is 118 cm³/mol. The molecule has 0 radical (unpaired) electrons.